The lowest BCUT2D eigenvalue weighted by atomic mass is 10.1. The monoisotopic (exact) mass is 255 g/mol. The Bertz CT molecular complexity index is 286. The standard InChI is InChI=1S/C13H25N3O2/c1-4-12(14-11(2)17)13(18)5-6-16-9-7-15(3)8-10-16/h12H,4-10H2,1-3H3,(H,14,17). The molecule has 1 heterocycles. The minimum absolute atomic E-state index is 0.130. The van der Waals surface area contributed by atoms with Crippen molar-refractivity contribution in [1.29, 1.82) is 0 Å². The summed E-state index contributed by atoms with van der Waals surface area (Å²) in [5.74, 6) is 0.0152. The number of Topliss-reactive ketones (excluding diaryl/α,β-unsaturated/α-hetero) is 1. The van der Waals surface area contributed by atoms with Gasteiger partial charge in [0, 0.05) is 46.1 Å². The number of rotatable bonds is 6. The molecular formula is C13H25N3O2. The van der Waals surface area contributed by atoms with Crippen LogP contribution in [0.15, 0.2) is 0 Å². The van der Waals surface area contributed by atoms with Crippen LogP contribution in [0.3, 0.4) is 0 Å². The van der Waals surface area contributed by atoms with Gasteiger partial charge in [0.25, 0.3) is 0 Å². The molecule has 1 saturated heterocycles. The second-order valence-electron chi connectivity index (χ2n) is 5.02. The quantitative estimate of drug-likeness (QED) is 0.732. The van der Waals surface area contributed by atoms with Crippen molar-refractivity contribution in [2.75, 3.05) is 39.8 Å². The third-order valence-electron chi connectivity index (χ3n) is 3.44. The Labute approximate surface area is 110 Å². The van der Waals surface area contributed by atoms with Crippen LogP contribution in [0.4, 0.5) is 0 Å². The molecular weight excluding hydrogens is 230 g/mol. The first-order valence-corrected chi connectivity index (χ1v) is 6.73. The Morgan fingerprint density at radius 3 is 2.33 bits per heavy atom. The van der Waals surface area contributed by atoms with Crippen LogP contribution >= 0.6 is 0 Å². The lowest BCUT2D eigenvalue weighted by molar-refractivity contribution is -0.127. The normalized spacial score (nSPS) is 19.5. The first-order valence-electron chi connectivity index (χ1n) is 6.73. The van der Waals surface area contributed by atoms with E-state index in [1.54, 1.807) is 0 Å². The molecule has 0 aromatic rings. The number of carbonyl (C=O) groups excluding carboxylic acids is 2. The number of hydrogen-bond donors (Lipinski definition) is 1. The van der Waals surface area contributed by atoms with Gasteiger partial charge >= 0.3 is 0 Å². The highest BCUT2D eigenvalue weighted by molar-refractivity contribution is 5.88. The van der Waals surface area contributed by atoms with Crippen molar-refractivity contribution in [3.8, 4) is 0 Å². The van der Waals surface area contributed by atoms with Gasteiger partial charge < -0.3 is 15.1 Å². The van der Waals surface area contributed by atoms with E-state index >= 15 is 0 Å². The molecule has 1 amide bonds. The number of amides is 1. The SMILES string of the molecule is CCC(NC(C)=O)C(=O)CCN1CCN(C)CC1. The van der Waals surface area contributed by atoms with E-state index in [1.807, 2.05) is 6.92 Å². The molecule has 1 unspecified atom stereocenters. The largest absolute Gasteiger partial charge is 0.347 e. The summed E-state index contributed by atoms with van der Waals surface area (Å²) in [6.45, 7) is 8.38. The van der Waals surface area contributed by atoms with E-state index in [0.29, 0.717) is 12.8 Å². The molecule has 1 fully saturated rings. The molecule has 1 rings (SSSR count). The minimum atomic E-state index is -0.310. The smallest absolute Gasteiger partial charge is 0.217 e. The van der Waals surface area contributed by atoms with Crippen LogP contribution in [0.2, 0.25) is 0 Å². The van der Waals surface area contributed by atoms with Crippen molar-refractivity contribution in [3.05, 3.63) is 0 Å². The van der Waals surface area contributed by atoms with E-state index in [-0.39, 0.29) is 17.7 Å². The molecule has 0 aromatic carbocycles. The summed E-state index contributed by atoms with van der Waals surface area (Å²) in [5.41, 5.74) is 0. The van der Waals surface area contributed by atoms with Crippen molar-refractivity contribution >= 4 is 11.7 Å². The topological polar surface area (TPSA) is 52.7 Å². The van der Waals surface area contributed by atoms with Crippen LogP contribution in [0.25, 0.3) is 0 Å². The maximum Gasteiger partial charge on any atom is 0.217 e. The number of carbonyl (C=O) groups is 2. The molecule has 0 aromatic heterocycles. The zero-order valence-electron chi connectivity index (χ0n) is 11.7. The average Bonchev–Trinajstić information content (AvgIpc) is 2.34. The summed E-state index contributed by atoms with van der Waals surface area (Å²) >= 11 is 0. The first-order chi connectivity index (χ1) is 8.52. The van der Waals surface area contributed by atoms with E-state index < -0.39 is 0 Å². The van der Waals surface area contributed by atoms with Gasteiger partial charge in [-0.3, -0.25) is 9.59 Å². The van der Waals surface area contributed by atoms with Crippen molar-refractivity contribution in [2.24, 2.45) is 0 Å². The Hall–Kier alpha value is -0.940. The van der Waals surface area contributed by atoms with Gasteiger partial charge in [-0.2, -0.15) is 0 Å². The molecule has 18 heavy (non-hydrogen) atoms. The summed E-state index contributed by atoms with van der Waals surface area (Å²) in [4.78, 5) is 27.6. The lowest BCUT2D eigenvalue weighted by Gasteiger charge is -2.32. The van der Waals surface area contributed by atoms with Gasteiger partial charge in [-0.05, 0) is 13.5 Å². The van der Waals surface area contributed by atoms with Crippen molar-refractivity contribution < 1.29 is 9.59 Å². The van der Waals surface area contributed by atoms with E-state index in [1.165, 1.54) is 6.92 Å². The predicted octanol–water partition coefficient (Wildman–Crippen LogP) is 0.108. The summed E-state index contributed by atoms with van der Waals surface area (Å²) in [6.07, 6.45) is 1.20. The number of hydrogen-bond acceptors (Lipinski definition) is 4. The fraction of sp³-hybridized carbons (Fsp3) is 0.846. The zero-order chi connectivity index (χ0) is 13.5. The second kappa shape index (κ2) is 7.48. The van der Waals surface area contributed by atoms with Gasteiger partial charge in [-0.1, -0.05) is 6.92 Å². The number of piperazine rings is 1. The zero-order valence-corrected chi connectivity index (χ0v) is 11.7. The molecule has 1 aliphatic rings. The molecule has 1 atom stereocenters. The third-order valence-corrected chi connectivity index (χ3v) is 3.44. The van der Waals surface area contributed by atoms with E-state index in [9.17, 15) is 9.59 Å². The van der Waals surface area contributed by atoms with E-state index in [2.05, 4.69) is 22.2 Å². The van der Waals surface area contributed by atoms with Crippen molar-refractivity contribution in [2.45, 2.75) is 32.7 Å². The highest BCUT2D eigenvalue weighted by atomic mass is 16.2. The molecule has 0 aliphatic carbocycles. The fourth-order valence-electron chi connectivity index (χ4n) is 2.17. The van der Waals surface area contributed by atoms with Crippen LogP contribution in [-0.4, -0.2) is 67.3 Å². The van der Waals surface area contributed by atoms with Gasteiger partial charge in [0.2, 0.25) is 5.91 Å². The highest BCUT2D eigenvalue weighted by Gasteiger charge is 2.19. The van der Waals surface area contributed by atoms with Crippen LogP contribution in [0, 0.1) is 0 Å². The van der Waals surface area contributed by atoms with Crippen molar-refractivity contribution in [1.82, 2.24) is 15.1 Å². The Kier molecular flexibility index (Phi) is 6.29. The molecule has 5 heteroatoms. The number of ketones is 1. The van der Waals surface area contributed by atoms with Gasteiger partial charge in [0.1, 0.15) is 0 Å². The highest BCUT2D eigenvalue weighted by Crippen LogP contribution is 2.03. The maximum absolute atomic E-state index is 12.0. The average molecular weight is 255 g/mol. The maximum atomic E-state index is 12.0. The number of nitrogens with one attached hydrogen (secondary N) is 1. The molecule has 104 valence electrons. The molecule has 0 bridgehead atoms. The molecule has 0 radical (unpaired) electrons. The molecule has 5 nitrogen and oxygen atoms in total. The van der Waals surface area contributed by atoms with Crippen LogP contribution in [0.5, 0.6) is 0 Å². The number of likely N-dealkylation sites (N-methyl/N-ethyl adjacent to an activating group) is 1. The van der Waals surface area contributed by atoms with E-state index in [0.717, 1.165) is 32.7 Å². The van der Waals surface area contributed by atoms with Crippen LogP contribution in [0.1, 0.15) is 26.7 Å². The van der Waals surface area contributed by atoms with Crippen molar-refractivity contribution in [3.63, 3.8) is 0 Å². The molecule has 0 saturated carbocycles. The Balaban J connectivity index is 2.28. The number of nitrogens with zero attached hydrogens (tertiary/aromatic N) is 2. The molecule has 0 spiro atoms. The van der Waals surface area contributed by atoms with Gasteiger partial charge in [-0.15, -0.1) is 0 Å². The van der Waals surface area contributed by atoms with Gasteiger partial charge in [0.15, 0.2) is 5.78 Å². The third kappa shape index (κ3) is 5.14. The summed E-state index contributed by atoms with van der Waals surface area (Å²) in [6, 6.07) is -0.310. The van der Waals surface area contributed by atoms with Crippen LogP contribution in [-0.2, 0) is 9.59 Å². The van der Waals surface area contributed by atoms with Gasteiger partial charge in [0.05, 0.1) is 6.04 Å². The summed E-state index contributed by atoms with van der Waals surface area (Å²) < 4.78 is 0. The molecule has 1 N–H and O–H groups in total. The second-order valence-corrected chi connectivity index (χ2v) is 5.02. The summed E-state index contributed by atoms with van der Waals surface area (Å²) in [7, 11) is 2.12. The lowest BCUT2D eigenvalue weighted by Crippen LogP contribution is -2.46. The molecule has 1 aliphatic heterocycles. The summed E-state index contributed by atoms with van der Waals surface area (Å²) in [5, 5.41) is 2.71. The minimum Gasteiger partial charge on any atom is -0.347 e. The predicted molar refractivity (Wildman–Crippen MR) is 71.5 cm³/mol. The van der Waals surface area contributed by atoms with Gasteiger partial charge in [-0.25, -0.2) is 0 Å². The Morgan fingerprint density at radius 1 is 1.22 bits per heavy atom. The van der Waals surface area contributed by atoms with Crippen LogP contribution < -0.4 is 5.32 Å². The fourth-order valence-corrected chi connectivity index (χ4v) is 2.17. The van der Waals surface area contributed by atoms with E-state index in [4.69, 9.17) is 0 Å². The Morgan fingerprint density at radius 2 is 1.83 bits per heavy atom. The first kappa shape index (κ1) is 15.1.